The van der Waals surface area contributed by atoms with Crippen LogP contribution < -0.4 is 11.2 Å². The van der Waals surface area contributed by atoms with E-state index in [0.717, 1.165) is 17.0 Å². The smallest absolute Gasteiger partial charge is 0.226 e. The summed E-state index contributed by atoms with van der Waals surface area (Å²) in [7, 11) is 0. The number of rotatable bonds is 3. The van der Waals surface area contributed by atoms with Crippen molar-refractivity contribution in [3.63, 3.8) is 0 Å². The fraction of sp³-hybridized carbons (Fsp3) is 0.231. The molecule has 0 unspecified atom stereocenters. The minimum atomic E-state index is 0.617. The second kappa shape index (κ2) is 7.11. The van der Waals surface area contributed by atoms with Crippen molar-refractivity contribution in [2.24, 2.45) is 10.8 Å². The van der Waals surface area contributed by atoms with Crippen molar-refractivity contribution in [2.45, 2.75) is 20.8 Å². The van der Waals surface area contributed by atoms with Gasteiger partial charge in [-0.25, -0.2) is 4.98 Å². The highest BCUT2D eigenvalue weighted by atomic mass is 16.4. The molecule has 0 aliphatic heterocycles. The zero-order valence-electron chi connectivity index (χ0n) is 10.8. The zero-order valence-corrected chi connectivity index (χ0v) is 10.8. The first kappa shape index (κ1) is 13.8. The molecule has 0 aliphatic rings. The number of aryl methyl sites for hydroxylation is 1. The van der Waals surface area contributed by atoms with Crippen molar-refractivity contribution in [3.8, 4) is 11.5 Å². The van der Waals surface area contributed by atoms with Gasteiger partial charge in [0.15, 0.2) is 0 Å². The average Bonchev–Trinajstić information content (AvgIpc) is 2.86. The highest BCUT2D eigenvalue weighted by molar-refractivity contribution is 5.60. The second-order valence-corrected chi connectivity index (χ2v) is 3.24. The molecule has 1 aromatic heterocycles. The number of nitrogens with zero attached hydrogens (tertiary/aromatic N) is 2. The predicted molar refractivity (Wildman–Crippen MR) is 74.3 cm³/mol. The van der Waals surface area contributed by atoms with Crippen molar-refractivity contribution in [2.75, 3.05) is 5.43 Å². The maximum atomic E-state index is 5.41. The number of benzene rings is 1. The van der Waals surface area contributed by atoms with Gasteiger partial charge in [0.25, 0.3) is 0 Å². The van der Waals surface area contributed by atoms with E-state index in [1.165, 1.54) is 6.34 Å². The van der Waals surface area contributed by atoms with Gasteiger partial charge in [-0.15, -0.1) is 0 Å². The van der Waals surface area contributed by atoms with Crippen LogP contribution >= 0.6 is 0 Å². The Hall–Kier alpha value is -2.30. The topological polar surface area (TPSA) is 76.4 Å². The van der Waals surface area contributed by atoms with E-state index in [-0.39, 0.29) is 0 Å². The largest absolute Gasteiger partial charge is 0.441 e. The van der Waals surface area contributed by atoms with Crippen LogP contribution in [-0.2, 0) is 0 Å². The van der Waals surface area contributed by atoms with Gasteiger partial charge in [0.2, 0.25) is 5.89 Å². The summed E-state index contributed by atoms with van der Waals surface area (Å²) in [5.74, 6) is 1.41. The molecular formula is C13H18N4O. The first-order valence-corrected chi connectivity index (χ1v) is 5.82. The summed E-state index contributed by atoms with van der Waals surface area (Å²) in [6.45, 7) is 5.86. The molecule has 0 atom stereocenters. The van der Waals surface area contributed by atoms with Crippen molar-refractivity contribution >= 4 is 12.0 Å². The molecular weight excluding hydrogens is 228 g/mol. The van der Waals surface area contributed by atoms with Crippen molar-refractivity contribution in [3.05, 3.63) is 36.2 Å². The van der Waals surface area contributed by atoms with E-state index in [9.17, 15) is 0 Å². The summed E-state index contributed by atoms with van der Waals surface area (Å²) in [6, 6.07) is 7.56. The van der Waals surface area contributed by atoms with Crippen molar-refractivity contribution in [1.29, 1.82) is 0 Å². The van der Waals surface area contributed by atoms with Gasteiger partial charge < -0.3 is 10.2 Å². The maximum Gasteiger partial charge on any atom is 0.226 e. The van der Waals surface area contributed by atoms with Gasteiger partial charge in [-0.2, -0.15) is 5.10 Å². The van der Waals surface area contributed by atoms with E-state index >= 15 is 0 Å². The van der Waals surface area contributed by atoms with Crippen LogP contribution in [0.3, 0.4) is 0 Å². The van der Waals surface area contributed by atoms with Crippen LogP contribution in [0.4, 0.5) is 5.69 Å². The Morgan fingerprint density at radius 1 is 1.28 bits per heavy atom. The number of nitrogens with two attached hydrogens (primary N) is 1. The van der Waals surface area contributed by atoms with Crippen molar-refractivity contribution < 1.29 is 4.42 Å². The molecule has 0 radical (unpaired) electrons. The number of hydrogen-bond donors (Lipinski definition) is 2. The van der Waals surface area contributed by atoms with E-state index < -0.39 is 0 Å². The van der Waals surface area contributed by atoms with E-state index in [1.54, 1.807) is 6.20 Å². The van der Waals surface area contributed by atoms with E-state index in [1.807, 2.05) is 45.0 Å². The molecule has 0 bridgehead atoms. The Morgan fingerprint density at radius 3 is 2.44 bits per heavy atom. The molecule has 0 fully saturated rings. The monoisotopic (exact) mass is 246 g/mol. The van der Waals surface area contributed by atoms with Crippen LogP contribution in [0.1, 0.15) is 19.6 Å². The number of hydrazone groups is 1. The minimum absolute atomic E-state index is 0.617. The maximum absolute atomic E-state index is 5.41. The fourth-order valence-electron chi connectivity index (χ4n) is 1.29. The van der Waals surface area contributed by atoms with E-state index in [4.69, 9.17) is 10.2 Å². The SMILES string of the molecule is CC.Cc1cnc(-c2ccc(N/N=C/N)cc2)o1. The molecule has 0 amide bonds. The van der Waals surface area contributed by atoms with Gasteiger partial charge in [-0.1, -0.05) is 13.8 Å². The minimum Gasteiger partial charge on any atom is -0.441 e. The van der Waals surface area contributed by atoms with E-state index in [0.29, 0.717) is 5.89 Å². The summed E-state index contributed by atoms with van der Waals surface area (Å²) >= 11 is 0. The Morgan fingerprint density at radius 2 is 1.94 bits per heavy atom. The molecule has 0 spiro atoms. The number of nitrogens with one attached hydrogen (secondary N) is 1. The summed E-state index contributed by atoms with van der Waals surface area (Å²) in [6.07, 6.45) is 2.89. The van der Waals surface area contributed by atoms with Crippen LogP contribution in [0.2, 0.25) is 0 Å². The van der Waals surface area contributed by atoms with Crippen molar-refractivity contribution in [1.82, 2.24) is 4.98 Å². The summed E-state index contributed by atoms with van der Waals surface area (Å²) < 4.78 is 5.41. The summed E-state index contributed by atoms with van der Waals surface area (Å²) in [5.41, 5.74) is 9.67. The Balaban J connectivity index is 0.000000771. The molecule has 1 aromatic carbocycles. The average molecular weight is 246 g/mol. The standard InChI is InChI=1S/C11H12N4O.C2H6/c1-8-6-13-11(16-8)9-2-4-10(5-3-9)15-14-7-12;1-2/h2-7,15H,1H3,(H2,12,14);1-2H3. The quantitative estimate of drug-likeness (QED) is 0.496. The molecule has 0 saturated carbocycles. The highest BCUT2D eigenvalue weighted by Gasteiger charge is 2.03. The molecule has 5 nitrogen and oxygen atoms in total. The first-order valence-electron chi connectivity index (χ1n) is 5.82. The molecule has 3 N–H and O–H groups in total. The second-order valence-electron chi connectivity index (χ2n) is 3.24. The highest BCUT2D eigenvalue weighted by Crippen LogP contribution is 2.20. The molecule has 1 heterocycles. The number of oxazole rings is 1. The lowest BCUT2D eigenvalue weighted by molar-refractivity contribution is 0.542. The Labute approximate surface area is 107 Å². The van der Waals surface area contributed by atoms with Crippen LogP contribution in [0, 0.1) is 6.92 Å². The van der Waals surface area contributed by atoms with Gasteiger partial charge in [0.05, 0.1) is 11.9 Å². The van der Waals surface area contributed by atoms with E-state index in [2.05, 4.69) is 15.5 Å². The molecule has 5 heteroatoms. The molecule has 0 aliphatic carbocycles. The molecule has 2 rings (SSSR count). The lowest BCUT2D eigenvalue weighted by Crippen LogP contribution is -1.95. The predicted octanol–water partition coefficient (Wildman–Crippen LogP) is 2.99. The lowest BCUT2D eigenvalue weighted by Gasteiger charge is -2.00. The molecule has 0 saturated heterocycles. The third kappa shape index (κ3) is 3.62. The Kier molecular flexibility index (Phi) is 5.44. The third-order valence-corrected chi connectivity index (χ3v) is 2.02. The fourth-order valence-corrected chi connectivity index (χ4v) is 1.29. The van der Waals surface area contributed by atoms with Crippen LogP contribution in [0.15, 0.2) is 40.0 Å². The first-order chi connectivity index (χ1) is 8.79. The number of hydrogen-bond acceptors (Lipinski definition) is 4. The molecule has 96 valence electrons. The summed E-state index contributed by atoms with van der Waals surface area (Å²) in [5, 5.41) is 3.71. The molecule has 2 aromatic rings. The zero-order chi connectivity index (χ0) is 13.4. The molecule has 18 heavy (non-hydrogen) atoms. The van der Waals surface area contributed by atoms with Gasteiger partial charge >= 0.3 is 0 Å². The van der Waals surface area contributed by atoms with Gasteiger partial charge in [-0.3, -0.25) is 5.43 Å². The van der Waals surface area contributed by atoms with Crippen LogP contribution in [-0.4, -0.2) is 11.3 Å². The lowest BCUT2D eigenvalue weighted by atomic mass is 10.2. The summed E-state index contributed by atoms with van der Waals surface area (Å²) in [4.78, 5) is 4.14. The van der Waals surface area contributed by atoms with Gasteiger partial charge in [0, 0.05) is 5.56 Å². The van der Waals surface area contributed by atoms with Crippen LogP contribution in [0.25, 0.3) is 11.5 Å². The van der Waals surface area contributed by atoms with Gasteiger partial charge in [-0.05, 0) is 31.2 Å². The third-order valence-electron chi connectivity index (χ3n) is 2.02. The number of anilines is 1. The Bertz CT molecular complexity index is 488. The number of aromatic nitrogens is 1. The van der Waals surface area contributed by atoms with Gasteiger partial charge in [0.1, 0.15) is 12.1 Å². The normalized spacial score (nSPS) is 9.94. The van der Waals surface area contributed by atoms with Crippen LogP contribution in [0.5, 0.6) is 0 Å².